The van der Waals surface area contributed by atoms with E-state index in [-0.39, 0.29) is 5.91 Å². The molecule has 1 saturated heterocycles. The Bertz CT molecular complexity index is 945. The van der Waals surface area contributed by atoms with Gasteiger partial charge in [-0.25, -0.2) is 0 Å². The van der Waals surface area contributed by atoms with E-state index < -0.39 is 0 Å². The van der Waals surface area contributed by atoms with E-state index >= 15 is 0 Å². The monoisotopic (exact) mass is 447 g/mol. The van der Waals surface area contributed by atoms with E-state index in [2.05, 4.69) is 0 Å². The number of hydrogen-bond acceptors (Lipinski definition) is 5. The lowest BCUT2D eigenvalue weighted by Gasteiger charge is -2.10. The molecule has 1 aliphatic heterocycles. The van der Waals surface area contributed by atoms with E-state index in [1.54, 1.807) is 4.90 Å². The van der Waals surface area contributed by atoms with Gasteiger partial charge in [0.05, 0.1) is 18.1 Å². The molecule has 2 aromatic rings. The summed E-state index contributed by atoms with van der Waals surface area (Å²) in [7, 11) is 0. The zero-order valence-electron chi connectivity index (χ0n) is 16.3. The van der Waals surface area contributed by atoms with Gasteiger partial charge in [-0.15, -0.1) is 0 Å². The highest BCUT2D eigenvalue weighted by molar-refractivity contribution is 8.26. The lowest BCUT2D eigenvalue weighted by Crippen LogP contribution is -2.27. The largest absolute Gasteiger partial charge is 0.493 e. The predicted octanol–water partition coefficient (Wildman–Crippen LogP) is 5.72. The smallest absolute Gasteiger partial charge is 0.266 e. The number of carbonyl (C=O) groups excluding carboxylic acids is 1. The fourth-order valence-electron chi connectivity index (χ4n) is 2.76. The lowest BCUT2D eigenvalue weighted by molar-refractivity contribution is -0.121. The van der Waals surface area contributed by atoms with Gasteiger partial charge in [0.2, 0.25) is 0 Å². The minimum absolute atomic E-state index is 0.0385. The molecule has 3 rings (SSSR count). The van der Waals surface area contributed by atoms with Gasteiger partial charge >= 0.3 is 0 Å². The maximum absolute atomic E-state index is 12.3. The highest BCUT2D eigenvalue weighted by atomic mass is 35.5. The van der Waals surface area contributed by atoms with Crippen molar-refractivity contribution in [2.45, 2.75) is 20.3 Å². The van der Waals surface area contributed by atoms with E-state index in [9.17, 15) is 4.79 Å². The molecular weight excluding hydrogens is 426 g/mol. The molecule has 29 heavy (non-hydrogen) atoms. The Morgan fingerprint density at radius 2 is 1.86 bits per heavy atom. The number of halogens is 1. The Hall–Kier alpha value is -2.02. The fourth-order valence-corrected chi connectivity index (χ4v) is 4.27. The van der Waals surface area contributed by atoms with Crippen LogP contribution in [0.1, 0.15) is 24.5 Å². The van der Waals surface area contributed by atoms with E-state index in [1.807, 2.05) is 62.4 Å². The summed E-state index contributed by atoms with van der Waals surface area (Å²) in [6.07, 6.45) is 2.61. The number of thioether (sulfide) groups is 1. The molecule has 0 saturated carbocycles. The molecule has 1 amide bonds. The van der Waals surface area contributed by atoms with Gasteiger partial charge in [-0.1, -0.05) is 47.7 Å². The standard InChI is InChI=1S/C22H22ClNO3S2/c1-3-24-21(25)20(29-22(24)28)14-16-6-4-7-17(13-16)26-10-5-11-27-18-8-9-19(23)15(2)12-18/h4,6-9,12-14H,3,5,10-11H2,1-2H3. The fraction of sp³-hybridized carbons (Fsp3) is 0.273. The van der Waals surface area contributed by atoms with Crippen LogP contribution >= 0.6 is 35.6 Å². The molecule has 0 spiro atoms. The summed E-state index contributed by atoms with van der Waals surface area (Å²) < 4.78 is 12.2. The molecule has 1 heterocycles. The van der Waals surface area contributed by atoms with Crippen LogP contribution in [0.25, 0.3) is 6.08 Å². The minimum Gasteiger partial charge on any atom is -0.493 e. The van der Waals surface area contributed by atoms with Crippen LogP contribution in [0.15, 0.2) is 47.4 Å². The molecule has 0 atom stereocenters. The van der Waals surface area contributed by atoms with Crippen molar-refractivity contribution in [1.29, 1.82) is 0 Å². The van der Waals surface area contributed by atoms with Gasteiger partial charge in [0.1, 0.15) is 15.8 Å². The third kappa shape index (κ3) is 5.75. The van der Waals surface area contributed by atoms with Crippen molar-refractivity contribution in [3.8, 4) is 11.5 Å². The normalized spacial score (nSPS) is 15.3. The van der Waals surface area contributed by atoms with Crippen LogP contribution < -0.4 is 9.47 Å². The zero-order valence-corrected chi connectivity index (χ0v) is 18.7. The first-order chi connectivity index (χ1) is 14.0. The number of likely N-dealkylation sites (N-methyl/N-ethyl adjacent to an activating group) is 1. The average molecular weight is 448 g/mol. The number of aryl methyl sites for hydroxylation is 1. The molecule has 4 nitrogen and oxygen atoms in total. The second-order valence-electron chi connectivity index (χ2n) is 6.46. The molecule has 7 heteroatoms. The van der Waals surface area contributed by atoms with Gasteiger partial charge in [0.25, 0.3) is 5.91 Å². The van der Waals surface area contributed by atoms with E-state index in [4.69, 9.17) is 33.3 Å². The molecule has 1 aliphatic rings. The molecule has 152 valence electrons. The van der Waals surface area contributed by atoms with Gasteiger partial charge in [0, 0.05) is 18.0 Å². The maximum atomic E-state index is 12.3. The Morgan fingerprint density at radius 1 is 1.14 bits per heavy atom. The predicted molar refractivity (Wildman–Crippen MR) is 124 cm³/mol. The first kappa shape index (κ1) is 21.7. The number of ether oxygens (including phenoxy) is 2. The summed E-state index contributed by atoms with van der Waals surface area (Å²) in [6, 6.07) is 13.3. The number of hydrogen-bond donors (Lipinski definition) is 0. The van der Waals surface area contributed by atoms with Crippen LogP contribution in [-0.2, 0) is 4.79 Å². The SMILES string of the molecule is CCN1C(=O)C(=Cc2cccc(OCCCOc3ccc(Cl)c(C)c3)c2)SC1=S. The molecule has 2 aromatic carbocycles. The zero-order chi connectivity index (χ0) is 20.8. The summed E-state index contributed by atoms with van der Waals surface area (Å²) in [5, 5.41) is 0.734. The van der Waals surface area contributed by atoms with Crippen molar-refractivity contribution in [2.24, 2.45) is 0 Å². The van der Waals surface area contributed by atoms with Gasteiger partial charge < -0.3 is 9.47 Å². The lowest BCUT2D eigenvalue weighted by atomic mass is 10.2. The van der Waals surface area contributed by atoms with Crippen molar-refractivity contribution in [1.82, 2.24) is 4.90 Å². The summed E-state index contributed by atoms with van der Waals surface area (Å²) in [6.45, 7) is 5.54. The van der Waals surface area contributed by atoms with E-state index in [1.165, 1.54) is 11.8 Å². The average Bonchev–Trinajstić information content (AvgIpc) is 2.97. The topological polar surface area (TPSA) is 38.8 Å². The molecule has 0 radical (unpaired) electrons. The summed E-state index contributed by atoms with van der Waals surface area (Å²) in [5.41, 5.74) is 1.90. The maximum Gasteiger partial charge on any atom is 0.266 e. The summed E-state index contributed by atoms with van der Waals surface area (Å²) >= 11 is 12.6. The summed E-state index contributed by atoms with van der Waals surface area (Å²) in [5.74, 6) is 1.52. The van der Waals surface area contributed by atoms with Crippen LogP contribution in [-0.4, -0.2) is 34.9 Å². The van der Waals surface area contributed by atoms with Crippen LogP contribution in [0.4, 0.5) is 0 Å². The van der Waals surface area contributed by atoms with Crippen LogP contribution in [0.2, 0.25) is 5.02 Å². The number of thiocarbonyl (C=S) groups is 1. The van der Waals surface area contributed by atoms with Crippen molar-refractivity contribution in [3.63, 3.8) is 0 Å². The quantitative estimate of drug-likeness (QED) is 0.294. The van der Waals surface area contributed by atoms with Crippen molar-refractivity contribution in [2.75, 3.05) is 19.8 Å². The van der Waals surface area contributed by atoms with Crippen molar-refractivity contribution >= 4 is 51.9 Å². The van der Waals surface area contributed by atoms with Gasteiger partial charge in [-0.2, -0.15) is 0 Å². The first-order valence-corrected chi connectivity index (χ1v) is 11.0. The number of benzene rings is 2. The highest BCUT2D eigenvalue weighted by Crippen LogP contribution is 2.32. The molecule has 0 aromatic heterocycles. The third-order valence-electron chi connectivity index (χ3n) is 4.30. The van der Waals surface area contributed by atoms with Crippen LogP contribution in [0.5, 0.6) is 11.5 Å². The van der Waals surface area contributed by atoms with Gasteiger partial charge in [-0.3, -0.25) is 9.69 Å². The van der Waals surface area contributed by atoms with Gasteiger partial charge in [0.15, 0.2) is 0 Å². The number of rotatable bonds is 8. The first-order valence-electron chi connectivity index (χ1n) is 9.35. The van der Waals surface area contributed by atoms with Crippen LogP contribution in [0, 0.1) is 6.92 Å². The molecule has 0 N–H and O–H groups in total. The van der Waals surface area contributed by atoms with E-state index in [0.29, 0.717) is 29.0 Å². The molecule has 0 bridgehead atoms. The number of carbonyl (C=O) groups is 1. The van der Waals surface area contributed by atoms with Crippen LogP contribution in [0.3, 0.4) is 0 Å². The molecule has 0 aliphatic carbocycles. The molecule has 1 fully saturated rings. The second-order valence-corrected chi connectivity index (χ2v) is 8.54. The Labute approximate surface area is 185 Å². The second kappa shape index (κ2) is 10.1. The number of amides is 1. The minimum atomic E-state index is -0.0385. The third-order valence-corrected chi connectivity index (χ3v) is 6.10. The van der Waals surface area contributed by atoms with Crippen molar-refractivity contribution < 1.29 is 14.3 Å². The molecule has 0 unspecified atom stereocenters. The van der Waals surface area contributed by atoms with Gasteiger partial charge in [-0.05, 0) is 61.4 Å². The van der Waals surface area contributed by atoms with Crippen molar-refractivity contribution in [3.05, 3.63) is 63.5 Å². The Balaban J connectivity index is 1.50. The molecular formula is C22H22ClNO3S2. The summed E-state index contributed by atoms with van der Waals surface area (Å²) in [4.78, 5) is 14.6. The highest BCUT2D eigenvalue weighted by Gasteiger charge is 2.30. The Morgan fingerprint density at radius 3 is 2.52 bits per heavy atom. The van der Waals surface area contributed by atoms with E-state index in [0.717, 1.165) is 34.1 Å². The number of nitrogens with zero attached hydrogens (tertiary/aromatic N) is 1. The Kier molecular flexibility index (Phi) is 7.58.